The standard InChI is InChI=1S/C6H18N3OP/c1-3-7-5-9(11-10)6-8-4-2/h7-8,10-11H,3-6H2,1-2H3. The average molecular weight is 179 g/mol. The third-order valence-corrected chi connectivity index (χ3v) is 1.85. The highest BCUT2D eigenvalue weighted by Gasteiger charge is 1.98. The fourth-order valence-electron chi connectivity index (χ4n) is 0.620. The molecule has 0 aromatic heterocycles. The highest BCUT2D eigenvalue weighted by Crippen LogP contribution is 2.07. The van der Waals surface area contributed by atoms with Gasteiger partial charge in [0.1, 0.15) is 0 Å². The van der Waals surface area contributed by atoms with Crippen molar-refractivity contribution in [2.24, 2.45) is 0 Å². The summed E-state index contributed by atoms with van der Waals surface area (Å²) in [5, 5.41) is 6.28. The first kappa shape index (κ1) is 11.3. The van der Waals surface area contributed by atoms with Gasteiger partial charge in [-0.25, -0.2) is 4.67 Å². The minimum atomic E-state index is -0.123. The molecule has 0 radical (unpaired) electrons. The molecule has 0 saturated heterocycles. The van der Waals surface area contributed by atoms with Gasteiger partial charge in [0.05, 0.1) is 22.3 Å². The SMILES string of the molecule is CCNCN(CNCC)PO. The predicted molar refractivity (Wildman–Crippen MR) is 49.5 cm³/mol. The maximum Gasteiger partial charge on any atom is 0.0875 e. The minimum absolute atomic E-state index is 0.123. The zero-order valence-corrected chi connectivity index (χ0v) is 8.22. The van der Waals surface area contributed by atoms with E-state index in [0.717, 1.165) is 26.4 Å². The Morgan fingerprint density at radius 3 is 1.91 bits per heavy atom. The maximum absolute atomic E-state index is 8.85. The molecule has 0 aromatic carbocycles. The van der Waals surface area contributed by atoms with Gasteiger partial charge in [0.15, 0.2) is 0 Å². The van der Waals surface area contributed by atoms with Gasteiger partial charge in [-0.2, -0.15) is 0 Å². The highest BCUT2D eigenvalue weighted by molar-refractivity contribution is 7.28. The second kappa shape index (κ2) is 8.37. The summed E-state index contributed by atoms with van der Waals surface area (Å²) in [7, 11) is -0.123. The number of hydrogen-bond donors (Lipinski definition) is 3. The van der Waals surface area contributed by atoms with E-state index >= 15 is 0 Å². The Morgan fingerprint density at radius 1 is 1.18 bits per heavy atom. The lowest BCUT2D eigenvalue weighted by atomic mass is 10.7. The highest BCUT2D eigenvalue weighted by atomic mass is 31.1. The lowest BCUT2D eigenvalue weighted by Gasteiger charge is -2.18. The van der Waals surface area contributed by atoms with Crippen LogP contribution in [0.4, 0.5) is 0 Å². The lowest BCUT2D eigenvalue weighted by molar-refractivity contribution is 0.368. The Kier molecular flexibility index (Phi) is 8.57. The number of hydrogen-bond acceptors (Lipinski definition) is 4. The van der Waals surface area contributed by atoms with Crippen molar-refractivity contribution in [1.29, 1.82) is 0 Å². The van der Waals surface area contributed by atoms with Crippen molar-refractivity contribution in [3.05, 3.63) is 0 Å². The van der Waals surface area contributed by atoms with Crippen molar-refractivity contribution in [2.45, 2.75) is 13.8 Å². The third-order valence-electron chi connectivity index (χ3n) is 1.25. The minimum Gasteiger partial charge on any atom is -0.361 e. The van der Waals surface area contributed by atoms with E-state index in [1.54, 1.807) is 0 Å². The quantitative estimate of drug-likeness (QED) is 0.378. The molecule has 0 saturated carbocycles. The van der Waals surface area contributed by atoms with Gasteiger partial charge >= 0.3 is 0 Å². The molecule has 0 fully saturated rings. The molecule has 0 bridgehead atoms. The van der Waals surface area contributed by atoms with Gasteiger partial charge in [0.2, 0.25) is 0 Å². The fraction of sp³-hybridized carbons (Fsp3) is 1.00. The van der Waals surface area contributed by atoms with E-state index in [1.165, 1.54) is 0 Å². The van der Waals surface area contributed by atoms with Crippen LogP contribution in [0.5, 0.6) is 0 Å². The predicted octanol–water partition coefficient (Wildman–Crippen LogP) is -0.0768. The van der Waals surface area contributed by atoms with E-state index in [0.29, 0.717) is 0 Å². The Bertz CT molecular complexity index is 76.2. The van der Waals surface area contributed by atoms with Gasteiger partial charge < -0.3 is 15.5 Å². The maximum atomic E-state index is 8.85. The van der Waals surface area contributed by atoms with Gasteiger partial charge in [-0.1, -0.05) is 13.8 Å². The van der Waals surface area contributed by atoms with Gasteiger partial charge in [0, 0.05) is 0 Å². The Labute approximate surface area is 70.3 Å². The number of rotatable bonds is 7. The summed E-state index contributed by atoms with van der Waals surface area (Å²) in [6, 6.07) is 0. The monoisotopic (exact) mass is 179 g/mol. The van der Waals surface area contributed by atoms with Crippen LogP contribution in [-0.2, 0) is 0 Å². The molecule has 1 unspecified atom stereocenters. The van der Waals surface area contributed by atoms with E-state index in [9.17, 15) is 0 Å². The molecule has 0 heterocycles. The summed E-state index contributed by atoms with van der Waals surface area (Å²) in [6.45, 7) is 7.47. The molecule has 0 aliphatic rings. The first-order valence-corrected chi connectivity index (χ1v) is 4.80. The molecule has 11 heavy (non-hydrogen) atoms. The molecule has 0 spiro atoms. The molecular formula is C6H18N3OP. The zero-order valence-electron chi connectivity index (χ0n) is 7.22. The summed E-state index contributed by atoms with van der Waals surface area (Å²) in [6.07, 6.45) is 0. The van der Waals surface area contributed by atoms with Crippen LogP contribution in [0.25, 0.3) is 0 Å². The molecule has 3 N–H and O–H groups in total. The van der Waals surface area contributed by atoms with Crippen LogP contribution in [0.2, 0.25) is 0 Å². The molecule has 68 valence electrons. The Morgan fingerprint density at radius 2 is 1.64 bits per heavy atom. The van der Waals surface area contributed by atoms with Crippen molar-refractivity contribution in [3.8, 4) is 0 Å². The first-order valence-electron chi connectivity index (χ1n) is 3.91. The third kappa shape index (κ3) is 6.66. The van der Waals surface area contributed by atoms with E-state index < -0.39 is 0 Å². The molecular weight excluding hydrogens is 161 g/mol. The van der Waals surface area contributed by atoms with Crippen molar-refractivity contribution in [2.75, 3.05) is 26.4 Å². The van der Waals surface area contributed by atoms with Gasteiger partial charge in [-0.3, -0.25) is 0 Å². The summed E-state index contributed by atoms with van der Waals surface area (Å²) in [5.74, 6) is 0. The molecule has 0 rings (SSSR count). The van der Waals surface area contributed by atoms with E-state index in [-0.39, 0.29) is 8.96 Å². The smallest absolute Gasteiger partial charge is 0.0875 e. The lowest BCUT2D eigenvalue weighted by Crippen LogP contribution is -2.35. The summed E-state index contributed by atoms with van der Waals surface area (Å²) >= 11 is 0. The molecule has 5 heteroatoms. The van der Waals surface area contributed by atoms with Crippen LogP contribution >= 0.6 is 8.96 Å². The topological polar surface area (TPSA) is 47.5 Å². The second-order valence-corrected chi connectivity index (χ2v) is 3.00. The van der Waals surface area contributed by atoms with Crippen LogP contribution in [-0.4, -0.2) is 36.0 Å². The Balaban J connectivity index is 3.25. The van der Waals surface area contributed by atoms with Crippen LogP contribution in [0, 0.1) is 0 Å². The van der Waals surface area contributed by atoms with Gasteiger partial charge in [-0.05, 0) is 13.1 Å². The van der Waals surface area contributed by atoms with Crippen LogP contribution in [0.15, 0.2) is 0 Å². The first-order chi connectivity index (χ1) is 5.35. The summed E-state index contributed by atoms with van der Waals surface area (Å²) < 4.78 is 1.91. The van der Waals surface area contributed by atoms with Crippen molar-refractivity contribution in [1.82, 2.24) is 15.3 Å². The molecule has 0 amide bonds. The normalized spacial score (nSPS) is 12.0. The fourth-order valence-corrected chi connectivity index (χ4v) is 0.985. The van der Waals surface area contributed by atoms with E-state index in [2.05, 4.69) is 10.6 Å². The van der Waals surface area contributed by atoms with Crippen molar-refractivity contribution in [3.63, 3.8) is 0 Å². The summed E-state index contributed by atoms with van der Waals surface area (Å²) in [4.78, 5) is 8.85. The number of nitrogens with one attached hydrogen (secondary N) is 2. The van der Waals surface area contributed by atoms with Crippen LogP contribution < -0.4 is 10.6 Å². The largest absolute Gasteiger partial charge is 0.361 e. The molecule has 1 atom stereocenters. The van der Waals surface area contributed by atoms with E-state index in [1.807, 2.05) is 18.5 Å². The molecule has 0 aliphatic heterocycles. The van der Waals surface area contributed by atoms with Crippen molar-refractivity contribution >= 4 is 8.96 Å². The van der Waals surface area contributed by atoms with Gasteiger partial charge in [0.25, 0.3) is 0 Å². The molecule has 0 aromatic rings. The zero-order chi connectivity index (χ0) is 8.53. The van der Waals surface area contributed by atoms with Crippen LogP contribution in [0.1, 0.15) is 13.8 Å². The van der Waals surface area contributed by atoms with Crippen molar-refractivity contribution < 1.29 is 4.89 Å². The molecule has 4 nitrogen and oxygen atoms in total. The summed E-state index contributed by atoms with van der Waals surface area (Å²) in [5.41, 5.74) is 0. The average Bonchev–Trinajstić information content (AvgIpc) is 2.05. The van der Waals surface area contributed by atoms with Crippen LogP contribution in [0.3, 0.4) is 0 Å². The number of nitrogens with zero attached hydrogens (tertiary/aromatic N) is 1. The molecule has 0 aliphatic carbocycles. The Hall–Kier alpha value is 0.270. The second-order valence-electron chi connectivity index (χ2n) is 2.16. The van der Waals surface area contributed by atoms with E-state index in [4.69, 9.17) is 4.89 Å². The van der Waals surface area contributed by atoms with Gasteiger partial charge in [-0.15, -0.1) is 0 Å².